The Morgan fingerprint density at radius 1 is 1.52 bits per heavy atom. The van der Waals surface area contributed by atoms with Gasteiger partial charge in [-0.3, -0.25) is 4.79 Å². The molecule has 108 valence electrons. The van der Waals surface area contributed by atoms with Crippen molar-refractivity contribution in [2.45, 2.75) is 12.3 Å². The predicted octanol–water partition coefficient (Wildman–Crippen LogP) is 2.32. The van der Waals surface area contributed by atoms with Gasteiger partial charge in [-0.2, -0.15) is 4.37 Å². The number of aromatic carboxylic acids is 1. The van der Waals surface area contributed by atoms with E-state index in [0.717, 1.165) is 22.0 Å². The lowest BCUT2D eigenvalue weighted by molar-refractivity contribution is -0.116. The van der Waals surface area contributed by atoms with Gasteiger partial charge in [-0.1, -0.05) is 12.1 Å². The molecule has 1 aromatic heterocycles. The third kappa shape index (κ3) is 2.36. The Hall–Kier alpha value is -2.41. The second-order valence-electron chi connectivity index (χ2n) is 4.66. The highest BCUT2D eigenvalue weighted by molar-refractivity contribution is 7.06. The monoisotopic (exact) mass is 304 g/mol. The second-order valence-corrected chi connectivity index (χ2v) is 5.46. The number of methoxy groups -OCH3 is 1. The number of carboxylic acids is 1. The molecule has 2 aromatic rings. The van der Waals surface area contributed by atoms with Crippen molar-refractivity contribution < 1.29 is 19.4 Å². The van der Waals surface area contributed by atoms with Crippen molar-refractivity contribution >= 4 is 29.1 Å². The highest BCUT2D eigenvalue weighted by Crippen LogP contribution is 2.42. The van der Waals surface area contributed by atoms with Crippen molar-refractivity contribution in [3.05, 3.63) is 40.4 Å². The van der Waals surface area contributed by atoms with Gasteiger partial charge >= 0.3 is 5.97 Å². The van der Waals surface area contributed by atoms with Crippen molar-refractivity contribution in [2.24, 2.45) is 0 Å². The number of anilines is 1. The molecule has 7 heteroatoms. The number of hydrogen-bond acceptors (Lipinski definition) is 5. The molecule has 0 saturated carbocycles. The Kier molecular flexibility index (Phi) is 3.34. The van der Waals surface area contributed by atoms with Crippen LogP contribution < -0.4 is 10.1 Å². The molecule has 6 nitrogen and oxygen atoms in total. The summed E-state index contributed by atoms with van der Waals surface area (Å²) in [5.74, 6) is -0.852. The van der Waals surface area contributed by atoms with Crippen LogP contribution in [0.5, 0.6) is 5.75 Å². The number of carbonyl (C=O) groups excluding carboxylic acids is 1. The molecule has 0 saturated heterocycles. The van der Waals surface area contributed by atoms with Crippen LogP contribution in [-0.4, -0.2) is 28.5 Å². The van der Waals surface area contributed by atoms with Crippen LogP contribution in [0.25, 0.3) is 0 Å². The maximum atomic E-state index is 11.9. The first-order valence-electron chi connectivity index (χ1n) is 6.27. The first-order valence-corrected chi connectivity index (χ1v) is 7.04. The number of aromatic nitrogens is 1. The summed E-state index contributed by atoms with van der Waals surface area (Å²) in [6.07, 6.45) is 0.265. The summed E-state index contributed by atoms with van der Waals surface area (Å²) in [5, 5.41) is 11.7. The van der Waals surface area contributed by atoms with E-state index in [2.05, 4.69) is 9.69 Å². The quantitative estimate of drug-likeness (QED) is 0.908. The molecule has 1 amide bonds. The van der Waals surface area contributed by atoms with Gasteiger partial charge in [0.05, 0.1) is 17.7 Å². The van der Waals surface area contributed by atoms with Crippen LogP contribution in [0.4, 0.5) is 5.69 Å². The number of benzene rings is 1. The van der Waals surface area contributed by atoms with E-state index in [-0.39, 0.29) is 23.9 Å². The van der Waals surface area contributed by atoms with Gasteiger partial charge in [0.15, 0.2) is 5.69 Å². The fraction of sp³-hybridized carbons (Fsp3) is 0.214. The van der Waals surface area contributed by atoms with Crippen LogP contribution in [0.2, 0.25) is 0 Å². The Balaban J connectivity index is 2.09. The third-order valence-electron chi connectivity index (χ3n) is 3.39. The van der Waals surface area contributed by atoms with Gasteiger partial charge in [0.2, 0.25) is 5.91 Å². The van der Waals surface area contributed by atoms with Crippen molar-refractivity contribution in [3.63, 3.8) is 0 Å². The normalized spacial score (nSPS) is 17.0. The van der Waals surface area contributed by atoms with Gasteiger partial charge in [0.25, 0.3) is 0 Å². The fourth-order valence-corrected chi connectivity index (χ4v) is 3.35. The number of nitrogens with one attached hydrogen (secondary N) is 1. The van der Waals surface area contributed by atoms with E-state index in [0.29, 0.717) is 11.4 Å². The number of fused-ring (bicyclic) bond motifs is 1. The standard InChI is InChI=1S/C14H12N2O4S/c1-20-8-4-2-3-7(5-8)9-6-10(17)15-11-12(14(18)19)16-21-13(9)11/h2-5,9H,6H2,1H3,(H,15,17)(H,18,19)/t9-/m0/s1. The van der Waals surface area contributed by atoms with Crippen LogP contribution in [0, 0.1) is 0 Å². The zero-order valence-corrected chi connectivity index (χ0v) is 11.9. The molecule has 0 radical (unpaired) electrons. The summed E-state index contributed by atoms with van der Waals surface area (Å²) >= 11 is 1.11. The van der Waals surface area contributed by atoms with Gasteiger partial charge in [0.1, 0.15) is 5.75 Å². The zero-order chi connectivity index (χ0) is 15.0. The minimum absolute atomic E-state index is 0.101. The van der Waals surface area contributed by atoms with Crippen LogP contribution in [-0.2, 0) is 4.79 Å². The van der Waals surface area contributed by atoms with Gasteiger partial charge < -0.3 is 15.2 Å². The van der Waals surface area contributed by atoms with Crippen LogP contribution in [0.1, 0.15) is 33.3 Å². The highest BCUT2D eigenvalue weighted by atomic mass is 32.1. The molecule has 0 fully saturated rings. The molecule has 2 N–H and O–H groups in total. The molecule has 2 heterocycles. The van der Waals surface area contributed by atoms with E-state index in [1.165, 1.54) is 0 Å². The van der Waals surface area contributed by atoms with Crippen molar-refractivity contribution in [1.29, 1.82) is 0 Å². The molecule has 0 unspecified atom stereocenters. The van der Waals surface area contributed by atoms with Gasteiger partial charge in [-0.25, -0.2) is 4.79 Å². The minimum Gasteiger partial charge on any atom is -0.497 e. The minimum atomic E-state index is -1.14. The summed E-state index contributed by atoms with van der Waals surface area (Å²) in [6.45, 7) is 0. The molecule has 1 aromatic carbocycles. The number of carboxylic acid groups (broad SMARTS) is 1. The molecule has 3 rings (SSSR count). The average Bonchev–Trinajstić information content (AvgIpc) is 2.90. The first-order chi connectivity index (χ1) is 10.1. The summed E-state index contributed by atoms with van der Waals surface area (Å²) in [6, 6.07) is 7.42. The molecule has 1 atom stereocenters. The first kappa shape index (κ1) is 13.6. The number of nitrogens with zero attached hydrogens (tertiary/aromatic N) is 1. The molecule has 1 aliphatic heterocycles. The van der Waals surface area contributed by atoms with Gasteiger partial charge in [-0.15, -0.1) is 0 Å². The molecule has 1 aliphatic rings. The number of rotatable bonds is 3. The molecule has 0 aliphatic carbocycles. The summed E-state index contributed by atoms with van der Waals surface area (Å²) in [5.41, 5.74) is 1.12. The Labute approximate surface area is 124 Å². The zero-order valence-electron chi connectivity index (χ0n) is 11.1. The SMILES string of the molecule is COc1cccc([C@@H]2CC(=O)Nc3c(C(=O)O)nsc32)c1. The Morgan fingerprint density at radius 2 is 2.33 bits per heavy atom. The molecule has 0 spiro atoms. The van der Waals surface area contributed by atoms with Gasteiger partial charge in [-0.05, 0) is 29.2 Å². The van der Waals surface area contributed by atoms with Crippen LogP contribution in [0.15, 0.2) is 24.3 Å². The fourth-order valence-electron chi connectivity index (χ4n) is 2.40. The largest absolute Gasteiger partial charge is 0.497 e. The number of carbonyl (C=O) groups is 2. The summed E-state index contributed by atoms with van der Waals surface area (Å²) < 4.78 is 9.14. The number of amides is 1. The predicted molar refractivity (Wildman–Crippen MR) is 77.2 cm³/mol. The lowest BCUT2D eigenvalue weighted by atomic mass is 9.90. The lowest BCUT2D eigenvalue weighted by Crippen LogP contribution is -2.23. The molecular weight excluding hydrogens is 292 g/mol. The van der Waals surface area contributed by atoms with Crippen molar-refractivity contribution in [2.75, 3.05) is 12.4 Å². The summed E-state index contributed by atoms with van der Waals surface area (Å²) in [7, 11) is 1.58. The van der Waals surface area contributed by atoms with Crippen molar-refractivity contribution in [1.82, 2.24) is 4.37 Å². The lowest BCUT2D eigenvalue weighted by Gasteiger charge is -2.22. The Bertz CT molecular complexity index is 726. The van der Waals surface area contributed by atoms with E-state index in [4.69, 9.17) is 9.84 Å². The van der Waals surface area contributed by atoms with E-state index in [1.54, 1.807) is 7.11 Å². The van der Waals surface area contributed by atoms with E-state index < -0.39 is 5.97 Å². The maximum absolute atomic E-state index is 11.9. The second kappa shape index (κ2) is 5.17. The number of hydrogen-bond donors (Lipinski definition) is 2. The Morgan fingerprint density at radius 3 is 3.05 bits per heavy atom. The smallest absolute Gasteiger partial charge is 0.357 e. The average molecular weight is 304 g/mol. The van der Waals surface area contributed by atoms with E-state index in [1.807, 2.05) is 24.3 Å². The van der Waals surface area contributed by atoms with Crippen molar-refractivity contribution in [3.8, 4) is 5.75 Å². The molecule has 21 heavy (non-hydrogen) atoms. The number of ether oxygens (including phenoxy) is 1. The van der Waals surface area contributed by atoms with E-state index >= 15 is 0 Å². The maximum Gasteiger partial charge on any atom is 0.357 e. The molecular formula is C14H12N2O4S. The topological polar surface area (TPSA) is 88.5 Å². The third-order valence-corrected chi connectivity index (χ3v) is 4.35. The highest BCUT2D eigenvalue weighted by Gasteiger charge is 2.33. The van der Waals surface area contributed by atoms with E-state index in [9.17, 15) is 9.59 Å². The van der Waals surface area contributed by atoms with Crippen LogP contribution in [0.3, 0.4) is 0 Å². The van der Waals surface area contributed by atoms with Gasteiger partial charge in [0, 0.05) is 12.3 Å². The summed E-state index contributed by atoms with van der Waals surface area (Å²) in [4.78, 5) is 23.8. The molecule has 0 bridgehead atoms. The van der Waals surface area contributed by atoms with Crippen LogP contribution >= 0.6 is 11.5 Å².